The van der Waals surface area contributed by atoms with Crippen LogP contribution < -0.4 is 5.73 Å². The highest BCUT2D eigenvalue weighted by Crippen LogP contribution is 2.32. The van der Waals surface area contributed by atoms with Crippen molar-refractivity contribution in [3.8, 4) is 0 Å². The fourth-order valence-corrected chi connectivity index (χ4v) is 3.74. The van der Waals surface area contributed by atoms with Crippen LogP contribution in [-0.4, -0.2) is 9.59 Å². The maximum absolute atomic E-state index is 6.27. The Morgan fingerprint density at radius 1 is 1.39 bits per heavy atom. The SMILES string of the molecule is CC(C)(C)c1nnsc1C(N)Cc1ccc(Cl)s1. The lowest BCUT2D eigenvalue weighted by Gasteiger charge is -2.19. The molecule has 1 unspecified atom stereocenters. The smallest absolute Gasteiger partial charge is 0.0931 e. The summed E-state index contributed by atoms with van der Waals surface area (Å²) >= 11 is 8.90. The molecule has 0 radical (unpaired) electrons. The number of hydrogen-bond acceptors (Lipinski definition) is 5. The predicted molar refractivity (Wildman–Crippen MR) is 78.6 cm³/mol. The molecule has 0 saturated carbocycles. The highest BCUT2D eigenvalue weighted by molar-refractivity contribution is 7.16. The summed E-state index contributed by atoms with van der Waals surface area (Å²) in [6.07, 6.45) is 0.782. The Balaban J connectivity index is 2.19. The van der Waals surface area contributed by atoms with Gasteiger partial charge in [-0.15, -0.1) is 16.4 Å². The minimum atomic E-state index is -0.0612. The first kappa shape index (κ1) is 13.9. The van der Waals surface area contributed by atoms with Gasteiger partial charge in [-0.3, -0.25) is 0 Å². The average molecular weight is 302 g/mol. The molecule has 2 heterocycles. The van der Waals surface area contributed by atoms with Gasteiger partial charge >= 0.3 is 0 Å². The van der Waals surface area contributed by atoms with Gasteiger partial charge in [0, 0.05) is 22.8 Å². The van der Waals surface area contributed by atoms with E-state index in [-0.39, 0.29) is 11.5 Å². The van der Waals surface area contributed by atoms with Gasteiger partial charge in [0.2, 0.25) is 0 Å². The molecule has 2 aromatic rings. The molecule has 0 aliphatic carbocycles. The first-order valence-corrected chi connectivity index (χ1v) is 7.67. The summed E-state index contributed by atoms with van der Waals surface area (Å²) in [6, 6.07) is 3.87. The van der Waals surface area contributed by atoms with Crippen LogP contribution in [0.3, 0.4) is 0 Å². The van der Waals surface area contributed by atoms with E-state index in [0.29, 0.717) is 0 Å². The first-order valence-electron chi connectivity index (χ1n) is 5.70. The van der Waals surface area contributed by atoms with Gasteiger partial charge in [-0.2, -0.15) is 0 Å². The van der Waals surface area contributed by atoms with Gasteiger partial charge in [0.25, 0.3) is 0 Å². The zero-order valence-electron chi connectivity index (χ0n) is 10.6. The minimum Gasteiger partial charge on any atom is -0.323 e. The van der Waals surface area contributed by atoms with E-state index >= 15 is 0 Å². The predicted octanol–water partition coefficient (Wildman–Crippen LogP) is 3.79. The molecule has 0 fully saturated rings. The maximum Gasteiger partial charge on any atom is 0.0931 e. The summed E-state index contributed by atoms with van der Waals surface area (Å²) in [4.78, 5) is 2.27. The van der Waals surface area contributed by atoms with E-state index in [1.807, 2.05) is 12.1 Å². The summed E-state index contributed by atoms with van der Waals surface area (Å²) in [7, 11) is 0. The van der Waals surface area contributed by atoms with Crippen LogP contribution in [0.15, 0.2) is 12.1 Å². The second kappa shape index (κ2) is 5.25. The van der Waals surface area contributed by atoms with Crippen molar-refractivity contribution in [2.24, 2.45) is 5.73 Å². The Bertz CT molecular complexity index is 527. The third-order valence-corrected chi connectivity index (χ3v) is 4.72. The average Bonchev–Trinajstić information content (AvgIpc) is 2.85. The number of thiophene rings is 1. The Morgan fingerprint density at radius 3 is 2.67 bits per heavy atom. The molecule has 6 heteroatoms. The third kappa shape index (κ3) is 3.09. The van der Waals surface area contributed by atoms with E-state index < -0.39 is 0 Å². The minimum absolute atomic E-state index is 0.0208. The van der Waals surface area contributed by atoms with Crippen molar-refractivity contribution in [3.05, 3.63) is 31.9 Å². The van der Waals surface area contributed by atoms with E-state index in [1.165, 1.54) is 16.4 Å². The second-order valence-corrected chi connectivity index (χ2v) is 7.84. The van der Waals surface area contributed by atoms with Gasteiger partial charge in [0.05, 0.1) is 14.9 Å². The monoisotopic (exact) mass is 301 g/mol. The number of nitrogens with two attached hydrogens (primary N) is 1. The molecule has 0 saturated heterocycles. The molecule has 0 amide bonds. The fourth-order valence-electron chi connectivity index (χ4n) is 1.73. The van der Waals surface area contributed by atoms with Crippen LogP contribution in [0, 0.1) is 0 Å². The van der Waals surface area contributed by atoms with E-state index in [0.717, 1.165) is 21.3 Å². The molecule has 0 aliphatic rings. The van der Waals surface area contributed by atoms with Gasteiger partial charge < -0.3 is 5.73 Å². The molecular weight excluding hydrogens is 286 g/mol. The van der Waals surface area contributed by atoms with Gasteiger partial charge in [-0.1, -0.05) is 36.9 Å². The topological polar surface area (TPSA) is 51.8 Å². The van der Waals surface area contributed by atoms with E-state index in [1.54, 1.807) is 11.3 Å². The van der Waals surface area contributed by atoms with Gasteiger partial charge in [0.15, 0.2) is 0 Å². The third-order valence-electron chi connectivity index (χ3n) is 2.61. The number of hydrogen-bond donors (Lipinski definition) is 1. The van der Waals surface area contributed by atoms with Crippen LogP contribution in [0.5, 0.6) is 0 Å². The molecule has 0 spiro atoms. The molecule has 0 aliphatic heterocycles. The quantitative estimate of drug-likeness (QED) is 0.938. The molecule has 0 bridgehead atoms. The molecule has 0 aromatic carbocycles. The molecule has 3 nitrogen and oxygen atoms in total. The van der Waals surface area contributed by atoms with E-state index in [4.69, 9.17) is 17.3 Å². The zero-order chi connectivity index (χ0) is 13.3. The van der Waals surface area contributed by atoms with Gasteiger partial charge in [-0.25, -0.2) is 0 Å². The van der Waals surface area contributed by atoms with Crippen molar-refractivity contribution in [1.82, 2.24) is 9.59 Å². The lowest BCUT2D eigenvalue weighted by molar-refractivity contribution is 0.550. The van der Waals surface area contributed by atoms with Gasteiger partial charge in [-0.05, 0) is 23.7 Å². The zero-order valence-corrected chi connectivity index (χ0v) is 13.0. The molecule has 2 N–H and O–H groups in total. The van der Waals surface area contributed by atoms with Crippen LogP contribution >= 0.6 is 34.5 Å². The Hall–Kier alpha value is -0.490. The van der Waals surface area contributed by atoms with Crippen LogP contribution in [0.1, 0.15) is 42.3 Å². The van der Waals surface area contributed by atoms with Crippen LogP contribution in [-0.2, 0) is 11.8 Å². The lowest BCUT2D eigenvalue weighted by atomic mass is 9.89. The maximum atomic E-state index is 6.27. The standard InChI is InChI=1S/C12H16ClN3S2/c1-12(2,3)11-10(18-16-15-11)8(14)6-7-4-5-9(13)17-7/h4-5,8H,6,14H2,1-3H3. The Morgan fingerprint density at radius 2 is 2.11 bits per heavy atom. The van der Waals surface area contributed by atoms with Crippen molar-refractivity contribution in [2.45, 2.75) is 38.6 Å². The summed E-state index contributed by atoms with van der Waals surface area (Å²) in [6.45, 7) is 6.38. The molecule has 18 heavy (non-hydrogen) atoms. The molecule has 1 atom stereocenters. The number of rotatable bonds is 3. The molecule has 98 valence electrons. The van der Waals surface area contributed by atoms with Crippen molar-refractivity contribution >= 4 is 34.5 Å². The lowest BCUT2D eigenvalue weighted by Crippen LogP contribution is -2.20. The second-order valence-electron chi connectivity index (χ2n) is 5.25. The largest absolute Gasteiger partial charge is 0.323 e. The normalized spacial score (nSPS) is 13.8. The van der Waals surface area contributed by atoms with Crippen molar-refractivity contribution in [3.63, 3.8) is 0 Å². The fraction of sp³-hybridized carbons (Fsp3) is 0.500. The number of nitrogens with zero attached hydrogens (tertiary/aromatic N) is 2. The highest BCUT2D eigenvalue weighted by Gasteiger charge is 2.25. The van der Waals surface area contributed by atoms with Crippen molar-refractivity contribution in [1.29, 1.82) is 0 Å². The van der Waals surface area contributed by atoms with Gasteiger partial charge in [0.1, 0.15) is 0 Å². The summed E-state index contributed by atoms with van der Waals surface area (Å²) in [5.41, 5.74) is 7.25. The summed E-state index contributed by atoms with van der Waals surface area (Å²) in [5, 5.41) is 4.22. The van der Waals surface area contributed by atoms with E-state index in [9.17, 15) is 0 Å². The van der Waals surface area contributed by atoms with Crippen LogP contribution in [0.2, 0.25) is 4.34 Å². The van der Waals surface area contributed by atoms with Crippen molar-refractivity contribution < 1.29 is 0 Å². The summed E-state index contributed by atoms with van der Waals surface area (Å²) in [5.74, 6) is 0. The number of aromatic nitrogens is 2. The highest BCUT2D eigenvalue weighted by atomic mass is 35.5. The number of halogens is 1. The molecule has 2 rings (SSSR count). The van der Waals surface area contributed by atoms with Crippen LogP contribution in [0.4, 0.5) is 0 Å². The van der Waals surface area contributed by atoms with Crippen LogP contribution in [0.25, 0.3) is 0 Å². The van der Waals surface area contributed by atoms with Crippen molar-refractivity contribution in [2.75, 3.05) is 0 Å². The van der Waals surface area contributed by atoms with E-state index in [2.05, 4.69) is 30.4 Å². The molecule has 2 aromatic heterocycles. The summed E-state index contributed by atoms with van der Waals surface area (Å²) < 4.78 is 4.85. The Labute approximate surface area is 120 Å². The Kier molecular flexibility index (Phi) is 4.06. The molecular formula is C12H16ClN3S2. The first-order chi connectivity index (χ1) is 8.38.